The molecule has 0 atom stereocenters. The van der Waals surface area contributed by atoms with E-state index in [1.807, 2.05) is 26.0 Å². The Morgan fingerprint density at radius 3 is 2.83 bits per heavy atom. The summed E-state index contributed by atoms with van der Waals surface area (Å²) in [6, 6.07) is 3.90. The molecule has 7 heteroatoms. The maximum absolute atomic E-state index is 9.19. The molecule has 1 aromatic heterocycles. The number of aryl methyl sites for hydroxylation is 1. The van der Waals surface area contributed by atoms with E-state index < -0.39 is 0 Å². The molecule has 1 aromatic carbocycles. The number of hydrogen-bond donors (Lipinski definition) is 2. The van der Waals surface area contributed by atoms with Crippen LogP contribution in [0, 0.1) is 13.8 Å². The first kappa shape index (κ1) is 16.4. The topological polar surface area (TPSA) is 77.8 Å². The zero-order chi connectivity index (χ0) is 17.1. The predicted octanol–water partition coefficient (Wildman–Crippen LogP) is 1.88. The Balaban J connectivity index is 1.82. The maximum atomic E-state index is 9.19. The van der Waals surface area contributed by atoms with Gasteiger partial charge in [0.05, 0.1) is 26.0 Å². The lowest BCUT2D eigenvalue weighted by Gasteiger charge is -2.21. The monoisotopic (exact) mass is 333 g/mol. The van der Waals surface area contributed by atoms with Gasteiger partial charge in [0.15, 0.2) is 11.5 Å². The summed E-state index contributed by atoms with van der Waals surface area (Å²) in [5.74, 6) is 2.94. The number of ether oxygens (including phenoxy) is 3. The molecule has 2 heterocycles. The van der Waals surface area contributed by atoms with Crippen molar-refractivity contribution < 1.29 is 19.3 Å². The van der Waals surface area contributed by atoms with E-state index in [2.05, 4.69) is 10.4 Å². The van der Waals surface area contributed by atoms with E-state index in [0.717, 1.165) is 22.6 Å². The number of aliphatic hydroxyl groups is 1. The minimum atomic E-state index is 0.0487. The molecule has 1 aliphatic heterocycles. The molecular weight excluding hydrogens is 310 g/mol. The molecule has 0 aliphatic carbocycles. The fraction of sp³-hybridized carbons (Fsp3) is 0.471. The van der Waals surface area contributed by atoms with Gasteiger partial charge in [-0.05, 0) is 31.5 Å². The first-order valence-corrected chi connectivity index (χ1v) is 7.99. The van der Waals surface area contributed by atoms with Crippen molar-refractivity contribution in [3.8, 4) is 17.2 Å². The van der Waals surface area contributed by atoms with Crippen LogP contribution in [-0.2, 0) is 13.1 Å². The Hall–Kier alpha value is -2.41. The van der Waals surface area contributed by atoms with Gasteiger partial charge in [-0.2, -0.15) is 5.10 Å². The summed E-state index contributed by atoms with van der Waals surface area (Å²) in [6.45, 7) is 6.14. The zero-order valence-electron chi connectivity index (χ0n) is 14.3. The van der Waals surface area contributed by atoms with Crippen molar-refractivity contribution in [1.82, 2.24) is 9.78 Å². The lowest BCUT2D eigenvalue weighted by Crippen LogP contribution is -2.16. The minimum absolute atomic E-state index is 0.0487. The summed E-state index contributed by atoms with van der Waals surface area (Å²) < 4.78 is 18.5. The third kappa shape index (κ3) is 3.12. The van der Waals surface area contributed by atoms with E-state index in [1.165, 1.54) is 0 Å². The third-order valence-electron chi connectivity index (χ3n) is 4.09. The molecule has 0 fully saturated rings. The van der Waals surface area contributed by atoms with Crippen LogP contribution in [0.15, 0.2) is 12.1 Å². The molecule has 2 N–H and O–H groups in total. The molecule has 1 aliphatic rings. The van der Waals surface area contributed by atoms with Crippen LogP contribution >= 0.6 is 0 Å². The number of rotatable bonds is 6. The molecule has 2 aromatic rings. The van der Waals surface area contributed by atoms with E-state index in [0.29, 0.717) is 43.6 Å². The first-order valence-electron chi connectivity index (χ1n) is 7.99. The number of methoxy groups -OCH3 is 1. The highest BCUT2D eigenvalue weighted by Crippen LogP contribution is 2.40. The lowest BCUT2D eigenvalue weighted by molar-refractivity contribution is 0.165. The molecule has 0 spiro atoms. The average molecular weight is 333 g/mol. The summed E-state index contributed by atoms with van der Waals surface area (Å²) in [7, 11) is 1.62. The van der Waals surface area contributed by atoms with Gasteiger partial charge in [0.25, 0.3) is 0 Å². The Bertz CT molecular complexity index is 710. The van der Waals surface area contributed by atoms with Crippen LogP contribution in [0.2, 0.25) is 0 Å². The number of benzene rings is 1. The highest BCUT2D eigenvalue weighted by atomic mass is 16.6. The standard InChI is InChI=1S/C17H23N3O4/c1-11-12(2)19-20(4-5-21)17(11)18-10-13-8-14(22-3)16-15(9-13)23-6-7-24-16/h8-9,18,21H,4-7,10H2,1-3H3. The van der Waals surface area contributed by atoms with Crippen LogP contribution in [-0.4, -0.2) is 41.8 Å². The zero-order valence-corrected chi connectivity index (χ0v) is 14.3. The molecule has 0 unspecified atom stereocenters. The van der Waals surface area contributed by atoms with Gasteiger partial charge < -0.3 is 24.6 Å². The number of fused-ring (bicyclic) bond motifs is 1. The minimum Gasteiger partial charge on any atom is -0.493 e. The second-order valence-corrected chi connectivity index (χ2v) is 5.68. The van der Waals surface area contributed by atoms with Crippen LogP contribution in [0.25, 0.3) is 0 Å². The Morgan fingerprint density at radius 1 is 1.29 bits per heavy atom. The third-order valence-corrected chi connectivity index (χ3v) is 4.09. The van der Waals surface area contributed by atoms with E-state index in [9.17, 15) is 5.11 Å². The Morgan fingerprint density at radius 2 is 2.08 bits per heavy atom. The lowest BCUT2D eigenvalue weighted by atomic mass is 10.1. The van der Waals surface area contributed by atoms with Crippen LogP contribution in [0.1, 0.15) is 16.8 Å². The molecule has 24 heavy (non-hydrogen) atoms. The van der Waals surface area contributed by atoms with Gasteiger partial charge in [0.2, 0.25) is 5.75 Å². The fourth-order valence-electron chi connectivity index (χ4n) is 2.77. The van der Waals surface area contributed by atoms with Gasteiger partial charge in [-0.3, -0.25) is 0 Å². The van der Waals surface area contributed by atoms with E-state index in [4.69, 9.17) is 14.2 Å². The van der Waals surface area contributed by atoms with Gasteiger partial charge in [-0.1, -0.05) is 0 Å². The molecule has 7 nitrogen and oxygen atoms in total. The fourth-order valence-corrected chi connectivity index (χ4v) is 2.77. The molecular formula is C17H23N3O4. The van der Waals surface area contributed by atoms with E-state index in [1.54, 1.807) is 11.8 Å². The highest BCUT2D eigenvalue weighted by molar-refractivity contribution is 5.55. The first-order chi connectivity index (χ1) is 11.6. The number of aliphatic hydroxyl groups excluding tert-OH is 1. The van der Waals surface area contributed by atoms with Gasteiger partial charge in [0.1, 0.15) is 19.0 Å². The highest BCUT2D eigenvalue weighted by Gasteiger charge is 2.19. The summed E-state index contributed by atoms with van der Waals surface area (Å²) in [4.78, 5) is 0. The molecule has 0 radical (unpaired) electrons. The van der Waals surface area contributed by atoms with Crippen LogP contribution in [0.4, 0.5) is 5.82 Å². The van der Waals surface area contributed by atoms with Crippen LogP contribution < -0.4 is 19.5 Å². The Labute approximate surface area is 141 Å². The largest absolute Gasteiger partial charge is 0.493 e. The predicted molar refractivity (Wildman–Crippen MR) is 90.1 cm³/mol. The van der Waals surface area contributed by atoms with Gasteiger partial charge in [-0.25, -0.2) is 4.68 Å². The summed E-state index contributed by atoms with van der Waals surface area (Å²) in [5.41, 5.74) is 3.04. The molecule has 0 saturated carbocycles. The van der Waals surface area contributed by atoms with Crippen molar-refractivity contribution in [3.63, 3.8) is 0 Å². The van der Waals surface area contributed by atoms with Crippen molar-refractivity contribution in [3.05, 3.63) is 29.0 Å². The number of nitrogens with one attached hydrogen (secondary N) is 1. The smallest absolute Gasteiger partial charge is 0.203 e. The van der Waals surface area contributed by atoms with E-state index in [-0.39, 0.29) is 6.61 Å². The van der Waals surface area contributed by atoms with Crippen molar-refractivity contribution in [1.29, 1.82) is 0 Å². The van der Waals surface area contributed by atoms with Crippen molar-refractivity contribution in [2.75, 3.05) is 32.2 Å². The van der Waals surface area contributed by atoms with Crippen molar-refractivity contribution in [2.24, 2.45) is 0 Å². The summed E-state index contributed by atoms with van der Waals surface area (Å²) in [6.07, 6.45) is 0. The number of hydrogen-bond acceptors (Lipinski definition) is 6. The number of aromatic nitrogens is 2. The van der Waals surface area contributed by atoms with Crippen molar-refractivity contribution >= 4 is 5.82 Å². The molecule has 0 amide bonds. The van der Waals surface area contributed by atoms with Crippen LogP contribution in [0.3, 0.4) is 0 Å². The number of anilines is 1. The molecule has 130 valence electrons. The number of nitrogens with zero attached hydrogens (tertiary/aromatic N) is 2. The Kier molecular flexibility index (Phi) is 4.80. The average Bonchev–Trinajstić information content (AvgIpc) is 2.86. The second-order valence-electron chi connectivity index (χ2n) is 5.68. The van der Waals surface area contributed by atoms with Crippen LogP contribution in [0.5, 0.6) is 17.2 Å². The molecule has 3 rings (SSSR count). The summed E-state index contributed by atoms with van der Waals surface area (Å²) >= 11 is 0. The normalized spacial score (nSPS) is 13.0. The summed E-state index contributed by atoms with van der Waals surface area (Å²) in [5, 5.41) is 17.0. The second kappa shape index (κ2) is 7.00. The van der Waals surface area contributed by atoms with Crippen molar-refractivity contribution in [2.45, 2.75) is 26.9 Å². The molecule has 0 bridgehead atoms. The van der Waals surface area contributed by atoms with Gasteiger partial charge in [0, 0.05) is 12.1 Å². The maximum Gasteiger partial charge on any atom is 0.203 e. The molecule has 0 saturated heterocycles. The van der Waals surface area contributed by atoms with E-state index >= 15 is 0 Å². The quantitative estimate of drug-likeness (QED) is 0.840. The SMILES string of the molecule is COc1cc(CNc2c(C)c(C)nn2CCO)cc2c1OCCO2. The van der Waals surface area contributed by atoms with Gasteiger partial charge in [-0.15, -0.1) is 0 Å². The van der Waals surface area contributed by atoms with Gasteiger partial charge >= 0.3 is 0 Å².